The van der Waals surface area contributed by atoms with E-state index in [0.717, 1.165) is 0 Å². The number of nitrogens with one attached hydrogen (secondary N) is 1. The molecule has 0 bridgehead atoms. The molecule has 0 aliphatic heterocycles. The van der Waals surface area contributed by atoms with Crippen molar-refractivity contribution in [1.29, 1.82) is 0 Å². The maximum atomic E-state index is 12.1. The van der Waals surface area contributed by atoms with Crippen LogP contribution in [0.3, 0.4) is 0 Å². The number of non-ortho nitro benzene ring substituents is 1. The molecule has 1 N–H and O–H groups in total. The summed E-state index contributed by atoms with van der Waals surface area (Å²) in [6.07, 6.45) is 0. The minimum atomic E-state index is -3.64. The van der Waals surface area contributed by atoms with Gasteiger partial charge in [0.2, 0.25) is 10.0 Å². The first-order valence-electron chi connectivity index (χ1n) is 7.33. The van der Waals surface area contributed by atoms with Crippen molar-refractivity contribution in [2.75, 3.05) is 24.2 Å². The summed E-state index contributed by atoms with van der Waals surface area (Å²) in [7, 11) is -2.09. The highest BCUT2D eigenvalue weighted by atomic mass is 32.2. The lowest BCUT2D eigenvalue weighted by atomic mass is 10.2. The average molecular weight is 366 g/mol. The molecule has 0 fully saturated rings. The van der Waals surface area contributed by atoms with Crippen LogP contribution in [0.15, 0.2) is 42.5 Å². The topological polar surface area (TPSA) is 108 Å². The molecule has 9 heteroatoms. The van der Waals surface area contributed by atoms with E-state index in [0.29, 0.717) is 22.7 Å². The van der Waals surface area contributed by atoms with Crippen molar-refractivity contribution in [2.45, 2.75) is 6.92 Å². The summed E-state index contributed by atoms with van der Waals surface area (Å²) in [6, 6.07) is 10.7. The lowest BCUT2D eigenvalue weighted by Gasteiger charge is -2.11. The number of aryl methyl sites for hydroxylation is 1. The van der Waals surface area contributed by atoms with Crippen LogP contribution in [0.4, 0.5) is 11.4 Å². The van der Waals surface area contributed by atoms with Crippen LogP contribution in [0.1, 0.15) is 5.56 Å². The second-order valence-electron chi connectivity index (χ2n) is 5.20. The highest BCUT2D eigenvalue weighted by molar-refractivity contribution is 7.92. The van der Waals surface area contributed by atoms with Crippen molar-refractivity contribution in [3.63, 3.8) is 0 Å². The standard InChI is InChI=1S/C16H18N2O6S/c1-12-11-13(18(19)20)3-8-16(12)17-25(21,22)10-9-24-15-6-4-14(23-2)5-7-15/h3-8,11,17H,9-10H2,1-2H3. The van der Waals surface area contributed by atoms with Crippen molar-refractivity contribution in [1.82, 2.24) is 0 Å². The van der Waals surface area contributed by atoms with Gasteiger partial charge in [-0.1, -0.05) is 0 Å². The third-order valence-electron chi connectivity index (χ3n) is 3.37. The van der Waals surface area contributed by atoms with Crippen molar-refractivity contribution in [3.8, 4) is 11.5 Å². The van der Waals surface area contributed by atoms with Crippen LogP contribution < -0.4 is 14.2 Å². The number of anilines is 1. The lowest BCUT2D eigenvalue weighted by molar-refractivity contribution is -0.384. The second kappa shape index (κ2) is 7.84. The van der Waals surface area contributed by atoms with Crippen LogP contribution in [-0.4, -0.2) is 32.8 Å². The molecule has 0 saturated carbocycles. The van der Waals surface area contributed by atoms with Crippen molar-refractivity contribution >= 4 is 21.4 Å². The summed E-state index contributed by atoms with van der Waals surface area (Å²) in [6.45, 7) is 1.56. The zero-order valence-corrected chi connectivity index (χ0v) is 14.6. The van der Waals surface area contributed by atoms with E-state index >= 15 is 0 Å². The third kappa shape index (κ3) is 5.35. The quantitative estimate of drug-likeness (QED) is 0.568. The molecule has 0 aromatic heterocycles. The largest absolute Gasteiger partial charge is 0.497 e. The predicted octanol–water partition coefficient (Wildman–Crippen LogP) is 2.73. The molecular formula is C16H18N2O6S. The van der Waals surface area contributed by atoms with Crippen LogP contribution in [0.25, 0.3) is 0 Å². The SMILES string of the molecule is COc1ccc(OCCS(=O)(=O)Nc2ccc([N+](=O)[O-])cc2C)cc1. The Balaban J connectivity index is 1.94. The fraction of sp³-hybridized carbons (Fsp3) is 0.250. The maximum absolute atomic E-state index is 12.1. The Morgan fingerprint density at radius 3 is 2.32 bits per heavy atom. The molecule has 2 aromatic rings. The van der Waals surface area contributed by atoms with E-state index in [4.69, 9.17) is 9.47 Å². The number of hydrogen-bond acceptors (Lipinski definition) is 6. The van der Waals surface area contributed by atoms with Gasteiger partial charge in [0.1, 0.15) is 23.9 Å². The summed E-state index contributed by atoms with van der Waals surface area (Å²) in [4.78, 5) is 10.2. The van der Waals surface area contributed by atoms with E-state index in [1.54, 1.807) is 38.3 Å². The van der Waals surface area contributed by atoms with E-state index in [1.807, 2.05) is 0 Å². The van der Waals surface area contributed by atoms with Crippen LogP contribution in [-0.2, 0) is 10.0 Å². The van der Waals surface area contributed by atoms with E-state index in [1.165, 1.54) is 18.2 Å². The number of methoxy groups -OCH3 is 1. The number of nitro groups is 1. The van der Waals surface area contributed by atoms with E-state index in [2.05, 4.69) is 4.72 Å². The van der Waals surface area contributed by atoms with E-state index < -0.39 is 14.9 Å². The van der Waals surface area contributed by atoms with Crippen LogP contribution in [0, 0.1) is 17.0 Å². The fourth-order valence-electron chi connectivity index (χ4n) is 2.04. The molecule has 2 aromatic carbocycles. The number of sulfonamides is 1. The van der Waals surface area contributed by atoms with Crippen LogP contribution in [0.2, 0.25) is 0 Å². The van der Waals surface area contributed by atoms with Gasteiger partial charge in [0.15, 0.2) is 0 Å². The van der Waals surface area contributed by atoms with Crippen LogP contribution in [0.5, 0.6) is 11.5 Å². The summed E-state index contributed by atoms with van der Waals surface area (Å²) >= 11 is 0. The smallest absolute Gasteiger partial charge is 0.269 e. The zero-order valence-electron chi connectivity index (χ0n) is 13.8. The highest BCUT2D eigenvalue weighted by Gasteiger charge is 2.14. The van der Waals surface area contributed by atoms with Gasteiger partial charge in [0, 0.05) is 12.1 Å². The highest BCUT2D eigenvalue weighted by Crippen LogP contribution is 2.22. The first kappa shape index (κ1) is 18.5. The number of benzene rings is 2. The van der Waals surface area contributed by atoms with Crippen LogP contribution >= 0.6 is 0 Å². The number of ether oxygens (including phenoxy) is 2. The molecular weight excluding hydrogens is 348 g/mol. The molecule has 0 amide bonds. The van der Waals surface area contributed by atoms with E-state index in [-0.39, 0.29) is 18.0 Å². The van der Waals surface area contributed by atoms with Gasteiger partial charge >= 0.3 is 0 Å². The molecule has 0 atom stereocenters. The van der Waals surface area contributed by atoms with Crippen molar-refractivity contribution in [3.05, 3.63) is 58.1 Å². The Hall–Kier alpha value is -2.81. The molecule has 0 saturated heterocycles. The van der Waals surface area contributed by atoms with Gasteiger partial charge in [-0.15, -0.1) is 0 Å². The number of hydrogen-bond donors (Lipinski definition) is 1. The Morgan fingerprint density at radius 2 is 1.76 bits per heavy atom. The molecule has 0 radical (unpaired) electrons. The Labute approximate surface area is 145 Å². The van der Waals surface area contributed by atoms with Gasteiger partial charge in [-0.2, -0.15) is 0 Å². The predicted molar refractivity (Wildman–Crippen MR) is 93.7 cm³/mol. The first-order chi connectivity index (χ1) is 11.8. The third-order valence-corrected chi connectivity index (χ3v) is 4.60. The van der Waals surface area contributed by atoms with Gasteiger partial charge in [-0.05, 0) is 42.8 Å². The summed E-state index contributed by atoms with van der Waals surface area (Å²) < 4.78 is 37.1. The minimum Gasteiger partial charge on any atom is -0.497 e. The molecule has 8 nitrogen and oxygen atoms in total. The molecule has 0 spiro atoms. The minimum absolute atomic E-state index is 0.0340. The van der Waals surface area contributed by atoms with Gasteiger partial charge < -0.3 is 9.47 Å². The maximum Gasteiger partial charge on any atom is 0.269 e. The second-order valence-corrected chi connectivity index (χ2v) is 7.04. The Bertz CT molecular complexity index is 849. The summed E-state index contributed by atoms with van der Waals surface area (Å²) in [5, 5.41) is 10.7. The van der Waals surface area contributed by atoms with Gasteiger partial charge in [0.05, 0.1) is 17.7 Å². The molecule has 0 aliphatic carbocycles. The monoisotopic (exact) mass is 366 g/mol. The number of rotatable bonds is 8. The summed E-state index contributed by atoms with van der Waals surface area (Å²) in [5.41, 5.74) is 0.673. The number of nitro benzene ring substituents is 1. The Morgan fingerprint density at radius 1 is 1.12 bits per heavy atom. The normalized spacial score (nSPS) is 11.0. The van der Waals surface area contributed by atoms with Gasteiger partial charge in [0.25, 0.3) is 5.69 Å². The van der Waals surface area contributed by atoms with Gasteiger partial charge in [-0.3, -0.25) is 14.8 Å². The average Bonchev–Trinajstić information content (AvgIpc) is 2.57. The zero-order chi connectivity index (χ0) is 18.4. The Kier molecular flexibility index (Phi) is 5.81. The van der Waals surface area contributed by atoms with Crippen molar-refractivity contribution < 1.29 is 22.8 Å². The molecule has 2 rings (SSSR count). The summed E-state index contributed by atoms with van der Waals surface area (Å²) in [5.74, 6) is 0.952. The first-order valence-corrected chi connectivity index (χ1v) is 8.98. The molecule has 25 heavy (non-hydrogen) atoms. The van der Waals surface area contributed by atoms with E-state index in [9.17, 15) is 18.5 Å². The van der Waals surface area contributed by atoms with Crippen molar-refractivity contribution in [2.24, 2.45) is 0 Å². The number of nitrogens with zero attached hydrogens (tertiary/aromatic N) is 1. The molecule has 0 heterocycles. The molecule has 134 valence electrons. The molecule has 0 unspecified atom stereocenters. The lowest BCUT2D eigenvalue weighted by Crippen LogP contribution is -2.21. The molecule has 0 aliphatic rings. The van der Waals surface area contributed by atoms with Gasteiger partial charge in [-0.25, -0.2) is 8.42 Å². The fourth-order valence-corrected chi connectivity index (χ4v) is 3.00.